The standard InChI is InChI=1S/C24H20F3N3O4/c25-24(26,27)19-4-2-1-3-17(19)22(32)30-11-9-29(10-12-30)21-8-6-16(14-28-21)15-5-7-20(31)18(13-15)23(33)34/h1-8,13-14,31H,9-12H2,(H,33,34). The minimum atomic E-state index is -4.61. The van der Waals surface area contributed by atoms with Gasteiger partial charge in [-0.05, 0) is 42.0 Å². The number of pyridine rings is 1. The lowest BCUT2D eigenvalue weighted by molar-refractivity contribution is -0.138. The van der Waals surface area contributed by atoms with Gasteiger partial charge in [-0.1, -0.05) is 18.2 Å². The Labute approximate surface area is 192 Å². The number of piperazine rings is 1. The second-order valence-corrected chi connectivity index (χ2v) is 7.76. The summed E-state index contributed by atoms with van der Waals surface area (Å²) in [5, 5.41) is 18.8. The number of amides is 1. The van der Waals surface area contributed by atoms with E-state index < -0.39 is 23.6 Å². The van der Waals surface area contributed by atoms with Crippen LogP contribution < -0.4 is 4.90 Å². The number of carbonyl (C=O) groups excluding carboxylic acids is 1. The Hall–Kier alpha value is -4.08. The zero-order valence-corrected chi connectivity index (χ0v) is 17.8. The second kappa shape index (κ2) is 9.05. The van der Waals surface area contributed by atoms with Crippen molar-refractivity contribution in [2.24, 2.45) is 0 Å². The average molecular weight is 471 g/mol. The summed E-state index contributed by atoms with van der Waals surface area (Å²) in [6, 6.07) is 12.5. The monoisotopic (exact) mass is 471 g/mol. The van der Waals surface area contributed by atoms with E-state index in [0.29, 0.717) is 30.0 Å². The zero-order valence-electron chi connectivity index (χ0n) is 17.8. The first-order chi connectivity index (χ1) is 16.1. The molecule has 0 aliphatic carbocycles. The molecule has 0 unspecified atom stereocenters. The van der Waals surface area contributed by atoms with Crippen molar-refractivity contribution in [3.05, 3.63) is 77.5 Å². The summed E-state index contributed by atoms with van der Waals surface area (Å²) < 4.78 is 39.8. The Bertz CT molecular complexity index is 1220. The van der Waals surface area contributed by atoms with Crippen molar-refractivity contribution in [3.8, 4) is 16.9 Å². The van der Waals surface area contributed by atoms with Crippen LogP contribution in [-0.2, 0) is 6.18 Å². The van der Waals surface area contributed by atoms with Gasteiger partial charge in [0.1, 0.15) is 17.1 Å². The van der Waals surface area contributed by atoms with Gasteiger partial charge in [0.05, 0.1) is 11.1 Å². The summed E-state index contributed by atoms with van der Waals surface area (Å²) in [6.07, 6.45) is -3.03. The van der Waals surface area contributed by atoms with Gasteiger partial charge in [0.25, 0.3) is 5.91 Å². The van der Waals surface area contributed by atoms with Crippen molar-refractivity contribution in [2.45, 2.75) is 6.18 Å². The molecule has 1 aromatic heterocycles. The highest BCUT2D eigenvalue weighted by molar-refractivity contribution is 5.96. The van der Waals surface area contributed by atoms with E-state index in [1.807, 2.05) is 4.90 Å². The predicted molar refractivity (Wildman–Crippen MR) is 118 cm³/mol. The number of alkyl halides is 3. The highest BCUT2D eigenvalue weighted by Crippen LogP contribution is 2.33. The lowest BCUT2D eigenvalue weighted by Crippen LogP contribution is -2.49. The fraction of sp³-hybridized carbons (Fsp3) is 0.208. The Kier molecular flexibility index (Phi) is 6.14. The lowest BCUT2D eigenvalue weighted by Gasteiger charge is -2.35. The van der Waals surface area contributed by atoms with E-state index in [-0.39, 0.29) is 30.0 Å². The molecule has 1 amide bonds. The number of hydrogen-bond donors (Lipinski definition) is 2. The van der Waals surface area contributed by atoms with Gasteiger partial charge < -0.3 is 20.0 Å². The molecule has 0 bridgehead atoms. The number of anilines is 1. The Balaban J connectivity index is 1.44. The molecule has 10 heteroatoms. The molecule has 2 heterocycles. The number of rotatable bonds is 4. The predicted octanol–water partition coefficient (Wildman–Crippen LogP) is 4.13. The fourth-order valence-electron chi connectivity index (χ4n) is 3.86. The molecule has 0 spiro atoms. The van der Waals surface area contributed by atoms with E-state index in [1.54, 1.807) is 24.4 Å². The summed E-state index contributed by atoms with van der Waals surface area (Å²) in [6.45, 7) is 1.28. The van der Waals surface area contributed by atoms with Crippen molar-refractivity contribution in [2.75, 3.05) is 31.1 Å². The molecule has 176 valence electrons. The molecule has 2 N–H and O–H groups in total. The van der Waals surface area contributed by atoms with E-state index >= 15 is 0 Å². The SMILES string of the molecule is O=C(O)c1cc(-c2ccc(N3CCN(C(=O)c4ccccc4C(F)(F)F)CC3)nc2)ccc1O. The average Bonchev–Trinajstić information content (AvgIpc) is 2.83. The van der Waals surface area contributed by atoms with Crippen molar-refractivity contribution >= 4 is 17.7 Å². The molecule has 4 rings (SSSR count). The number of carbonyl (C=O) groups is 2. The van der Waals surface area contributed by atoms with Crippen LogP contribution in [0, 0.1) is 0 Å². The Morgan fingerprint density at radius 1 is 0.882 bits per heavy atom. The van der Waals surface area contributed by atoms with Gasteiger partial charge in [-0.15, -0.1) is 0 Å². The van der Waals surface area contributed by atoms with Gasteiger partial charge in [-0.3, -0.25) is 4.79 Å². The maximum Gasteiger partial charge on any atom is 0.417 e. The number of nitrogens with zero attached hydrogens (tertiary/aromatic N) is 3. The summed E-state index contributed by atoms with van der Waals surface area (Å²) >= 11 is 0. The van der Waals surface area contributed by atoms with Gasteiger partial charge in [0.15, 0.2) is 0 Å². The number of aromatic nitrogens is 1. The Morgan fingerprint density at radius 2 is 1.56 bits per heavy atom. The maximum atomic E-state index is 13.3. The van der Waals surface area contributed by atoms with Gasteiger partial charge in [0, 0.05) is 37.9 Å². The van der Waals surface area contributed by atoms with Gasteiger partial charge in [0.2, 0.25) is 0 Å². The number of benzene rings is 2. The van der Waals surface area contributed by atoms with Crippen LogP contribution in [-0.4, -0.2) is 58.2 Å². The minimum absolute atomic E-state index is 0.213. The maximum absolute atomic E-state index is 13.3. The van der Waals surface area contributed by atoms with E-state index in [2.05, 4.69) is 4.98 Å². The van der Waals surface area contributed by atoms with Gasteiger partial charge >= 0.3 is 12.1 Å². The summed E-state index contributed by atoms with van der Waals surface area (Å²) in [5.74, 6) is -1.60. The molecule has 1 fully saturated rings. The van der Waals surface area contributed by atoms with Crippen LogP contribution in [0.1, 0.15) is 26.3 Å². The smallest absolute Gasteiger partial charge is 0.417 e. The topological polar surface area (TPSA) is 94.0 Å². The third-order valence-electron chi connectivity index (χ3n) is 5.66. The molecule has 2 aromatic carbocycles. The first-order valence-electron chi connectivity index (χ1n) is 10.4. The number of carboxylic acid groups (broad SMARTS) is 1. The van der Waals surface area contributed by atoms with E-state index in [1.165, 1.54) is 35.2 Å². The van der Waals surface area contributed by atoms with Crippen LogP contribution in [0.2, 0.25) is 0 Å². The van der Waals surface area contributed by atoms with Crippen LogP contribution >= 0.6 is 0 Å². The third kappa shape index (κ3) is 4.66. The van der Waals surface area contributed by atoms with E-state index in [0.717, 1.165) is 6.07 Å². The first kappa shape index (κ1) is 23.1. The molecule has 0 radical (unpaired) electrons. The summed E-state index contributed by atoms with van der Waals surface area (Å²) in [4.78, 5) is 31.7. The normalized spacial score (nSPS) is 14.2. The van der Waals surface area contributed by atoms with Crippen molar-refractivity contribution in [1.29, 1.82) is 0 Å². The third-order valence-corrected chi connectivity index (χ3v) is 5.66. The molecule has 1 saturated heterocycles. The van der Waals surface area contributed by atoms with Crippen molar-refractivity contribution in [3.63, 3.8) is 0 Å². The largest absolute Gasteiger partial charge is 0.507 e. The highest BCUT2D eigenvalue weighted by atomic mass is 19.4. The van der Waals surface area contributed by atoms with Crippen molar-refractivity contribution in [1.82, 2.24) is 9.88 Å². The quantitative estimate of drug-likeness (QED) is 0.594. The summed E-state index contributed by atoms with van der Waals surface area (Å²) in [5.41, 5.74) is -0.285. The number of carboxylic acids is 1. The van der Waals surface area contributed by atoms with Gasteiger partial charge in [-0.25, -0.2) is 9.78 Å². The number of phenols is 1. The van der Waals surface area contributed by atoms with Gasteiger partial charge in [-0.2, -0.15) is 13.2 Å². The highest BCUT2D eigenvalue weighted by Gasteiger charge is 2.36. The van der Waals surface area contributed by atoms with Crippen LogP contribution in [0.5, 0.6) is 5.75 Å². The fourth-order valence-corrected chi connectivity index (χ4v) is 3.86. The zero-order chi connectivity index (χ0) is 24.5. The van der Waals surface area contributed by atoms with E-state index in [4.69, 9.17) is 0 Å². The number of hydrogen-bond acceptors (Lipinski definition) is 5. The lowest BCUT2D eigenvalue weighted by atomic mass is 10.0. The molecule has 1 aliphatic rings. The molecule has 7 nitrogen and oxygen atoms in total. The van der Waals surface area contributed by atoms with Crippen LogP contribution in [0.3, 0.4) is 0 Å². The number of aromatic carboxylic acids is 1. The van der Waals surface area contributed by atoms with Crippen LogP contribution in [0.4, 0.5) is 19.0 Å². The first-order valence-corrected chi connectivity index (χ1v) is 10.4. The molecular weight excluding hydrogens is 451 g/mol. The van der Waals surface area contributed by atoms with Crippen LogP contribution in [0.15, 0.2) is 60.8 Å². The Morgan fingerprint density at radius 3 is 2.18 bits per heavy atom. The number of aromatic hydroxyl groups is 1. The number of halogens is 3. The van der Waals surface area contributed by atoms with Crippen molar-refractivity contribution < 1.29 is 33.0 Å². The molecular formula is C24H20F3N3O4. The van der Waals surface area contributed by atoms with E-state index in [9.17, 15) is 33.0 Å². The second-order valence-electron chi connectivity index (χ2n) is 7.76. The summed E-state index contributed by atoms with van der Waals surface area (Å²) in [7, 11) is 0. The molecule has 34 heavy (non-hydrogen) atoms. The molecule has 0 atom stereocenters. The minimum Gasteiger partial charge on any atom is -0.507 e. The molecule has 3 aromatic rings. The van der Waals surface area contributed by atoms with Crippen LogP contribution in [0.25, 0.3) is 11.1 Å². The molecule has 1 aliphatic heterocycles. The molecule has 0 saturated carbocycles.